The fourth-order valence-electron chi connectivity index (χ4n) is 4.60. The van der Waals surface area contributed by atoms with E-state index in [1.807, 2.05) is 12.1 Å². The van der Waals surface area contributed by atoms with Crippen LogP contribution in [-0.2, 0) is 0 Å². The van der Waals surface area contributed by atoms with E-state index in [1.165, 1.54) is 0 Å². The molecular weight excluding hydrogens is 336 g/mol. The Labute approximate surface area is 150 Å². The summed E-state index contributed by atoms with van der Waals surface area (Å²) in [5.74, 6) is 0.916. The van der Waals surface area contributed by atoms with Crippen molar-refractivity contribution in [2.24, 2.45) is 23.7 Å². The molecule has 3 aliphatic carbocycles. The quantitative estimate of drug-likeness (QED) is 0.720. The van der Waals surface area contributed by atoms with Crippen molar-refractivity contribution in [3.8, 4) is 11.5 Å². The summed E-state index contributed by atoms with van der Waals surface area (Å²) < 4.78 is 5.93. The zero-order valence-corrected chi connectivity index (χ0v) is 14.1. The molecule has 0 saturated heterocycles. The molecule has 3 nitrogen and oxygen atoms in total. The predicted octanol–water partition coefficient (Wildman–Crippen LogP) is 4.95. The van der Waals surface area contributed by atoms with Gasteiger partial charge in [-0.1, -0.05) is 48.0 Å². The molecule has 4 atom stereocenters. The van der Waals surface area contributed by atoms with Gasteiger partial charge in [-0.2, -0.15) is 0 Å². The molecule has 2 aromatic rings. The van der Waals surface area contributed by atoms with Crippen molar-refractivity contribution in [2.45, 2.75) is 6.42 Å². The van der Waals surface area contributed by atoms with Gasteiger partial charge in [0.1, 0.15) is 11.5 Å². The lowest BCUT2D eigenvalue weighted by molar-refractivity contribution is 0.0718. The first kappa shape index (κ1) is 14.9. The van der Waals surface area contributed by atoms with Gasteiger partial charge in [0.15, 0.2) is 11.6 Å². The molecule has 0 spiro atoms. The Morgan fingerprint density at radius 2 is 1.52 bits per heavy atom. The van der Waals surface area contributed by atoms with Crippen molar-refractivity contribution in [3.05, 3.63) is 70.8 Å². The number of rotatable bonds is 2. The van der Waals surface area contributed by atoms with Gasteiger partial charge in [-0.3, -0.25) is 9.59 Å². The fourth-order valence-corrected chi connectivity index (χ4v) is 4.78. The zero-order valence-electron chi connectivity index (χ0n) is 13.3. The first-order valence-electron chi connectivity index (χ1n) is 8.47. The zero-order chi connectivity index (χ0) is 17.1. The van der Waals surface area contributed by atoms with E-state index in [4.69, 9.17) is 16.3 Å². The van der Waals surface area contributed by atoms with Gasteiger partial charge in [-0.25, -0.2) is 0 Å². The van der Waals surface area contributed by atoms with Gasteiger partial charge in [0.2, 0.25) is 0 Å². The highest BCUT2D eigenvalue weighted by molar-refractivity contribution is 6.32. The van der Waals surface area contributed by atoms with Crippen molar-refractivity contribution in [2.75, 3.05) is 0 Å². The van der Waals surface area contributed by atoms with Gasteiger partial charge >= 0.3 is 0 Å². The van der Waals surface area contributed by atoms with Crippen LogP contribution in [0.3, 0.4) is 0 Å². The number of Topliss-reactive ketones (excluding diaryl/α,β-unsaturated/α-hetero) is 2. The van der Waals surface area contributed by atoms with Crippen LogP contribution in [0.1, 0.15) is 27.1 Å². The van der Waals surface area contributed by atoms with Crippen LogP contribution in [0.2, 0.25) is 5.02 Å². The number of halogens is 1. The number of fused-ring (bicyclic) bond motifs is 6. The topological polar surface area (TPSA) is 43.4 Å². The maximum atomic E-state index is 13.2. The molecule has 0 amide bonds. The van der Waals surface area contributed by atoms with Crippen molar-refractivity contribution >= 4 is 23.2 Å². The van der Waals surface area contributed by atoms with Crippen LogP contribution in [0.15, 0.2) is 54.6 Å². The number of ether oxygens (including phenoxy) is 1. The highest BCUT2D eigenvalue weighted by Crippen LogP contribution is 2.54. The molecule has 5 rings (SSSR count). The highest BCUT2D eigenvalue weighted by atomic mass is 35.5. The number of hydrogen-bond donors (Lipinski definition) is 0. The smallest absolute Gasteiger partial charge is 0.171 e. The maximum absolute atomic E-state index is 13.2. The van der Waals surface area contributed by atoms with Crippen molar-refractivity contribution in [3.63, 3.8) is 0 Å². The number of hydrogen-bond acceptors (Lipinski definition) is 3. The third kappa shape index (κ3) is 2.05. The summed E-state index contributed by atoms with van der Waals surface area (Å²) in [5, 5.41) is 0.468. The summed E-state index contributed by atoms with van der Waals surface area (Å²) in [6, 6.07) is 12.4. The molecule has 1 saturated carbocycles. The molecule has 3 aliphatic rings. The summed E-state index contributed by atoms with van der Waals surface area (Å²) in [7, 11) is 0. The van der Waals surface area contributed by atoms with Gasteiger partial charge in [0, 0.05) is 17.4 Å². The van der Waals surface area contributed by atoms with E-state index in [9.17, 15) is 9.59 Å². The Hall–Kier alpha value is -2.39. The second-order valence-electron chi connectivity index (χ2n) is 6.94. The predicted molar refractivity (Wildman–Crippen MR) is 94.3 cm³/mol. The number of ketones is 2. The van der Waals surface area contributed by atoms with E-state index < -0.39 is 0 Å². The first-order chi connectivity index (χ1) is 12.1. The molecule has 1 fully saturated rings. The summed E-state index contributed by atoms with van der Waals surface area (Å²) in [6.07, 6.45) is 5.10. The lowest BCUT2D eigenvalue weighted by Crippen LogP contribution is -2.39. The van der Waals surface area contributed by atoms with E-state index in [1.54, 1.807) is 30.3 Å². The monoisotopic (exact) mass is 350 g/mol. The van der Waals surface area contributed by atoms with Crippen LogP contribution in [0, 0.1) is 23.7 Å². The van der Waals surface area contributed by atoms with E-state index >= 15 is 0 Å². The average molecular weight is 351 g/mol. The van der Waals surface area contributed by atoms with Crippen LogP contribution in [0.4, 0.5) is 0 Å². The summed E-state index contributed by atoms with van der Waals surface area (Å²) >= 11 is 6.18. The number of para-hydroxylation sites is 1. The standard InChI is InChI=1S/C21H15ClO3/c22-14-5-1-2-6-15(14)25-16-7-3-4-13-19(16)21(24)18-12-9-8-11(10-12)17(18)20(13)23/h1-9,11-12,17-18H,10H2. The molecule has 4 unspecified atom stereocenters. The largest absolute Gasteiger partial charge is 0.455 e. The number of allylic oxidation sites excluding steroid dienone is 2. The third-order valence-electron chi connectivity index (χ3n) is 5.66. The minimum Gasteiger partial charge on any atom is -0.455 e. The molecule has 25 heavy (non-hydrogen) atoms. The van der Waals surface area contributed by atoms with E-state index in [-0.39, 0.29) is 35.2 Å². The van der Waals surface area contributed by atoms with Gasteiger partial charge in [0.05, 0.1) is 10.6 Å². The Bertz CT molecular complexity index is 946. The Kier molecular flexibility index (Phi) is 3.16. The van der Waals surface area contributed by atoms with Crippen LogP contribution >= 0.6 is 11.6 Å². The van der Waals surface area contributed by atoms with Crippen LogP contribution in [0.5, 0.6) is 11.5 Å². The van der Waals surface area contributed by atoms with Crippen LogP contribution < -0.4 is 4.74 Å². The Balaban J connectivity index is 1.62. The number of carbonyl (C=O) groups is 2. The molecule has 2 aromatic carbocycles. The molecule has 0 aliphatic heterocycles. The second-order valence-corrected chi connectivity index (χ2v) is 7.35. The maximum Gasteiger partial charge on any atom is 0.171 e. The van der Waals surface area contributed by atoms with Gasteiger partial charge in [-0.05, 0) is 36.5 Å². The summed E-state index contributed by atoms with van der Waals surface area (Å²) in [4.78, 5) is 26.3. The summed E-state index contributed by atoms with van der Waals surface area (Å²) in [5.41, 5.74) is 0.895. The normalized spacial score (nSPS) is 28.8. The minimum atomic E-state index is -0.244. The SMILES string of the molecule is O=C1c2cccc(Oc3ccccc3Cl)c2C(=O)C2C3C=CC(C3)C12. The van der Waals surface area contributed by atoms with Gasteiger partial charge in [0.25, 0.3) is 0 Å². The first-order valence-corrected chi connectivity index (χ1v) is 8.85. The van der Waals surface area contributed by atoms with Crippen molar-refractivity contribution in [1.82, 2.24) is 0 Å². The lowest BCUT2D eigenvalue weighted by atomic mass is 9.69. The number of benzene rings is 2. The Morgan fingerprint density at radius 3 is 2.28 bits per heavy atom. The molecule has 2 bridgehead atoms. The molecular formula is C21H15ClO3. The average Bonchev–Trinajstić information content (AvgIpc) is 3.23. The van der Waals surface area contributed by atoms with E-state index in [0.717, 1.165) is 6.42 Å². The van der Waals surface area contributed by atoms with Crippen LogP contribution in [0.25, 0.3) is 0 Å². The summed E-state index contributed by atoms with van der Waals surface area (Å²) in [6.45, 7) is 0. The molecule has 0 aromatic heterocycles. The third-order valence-corrected chi connectivity index (χ3v) is 5.97. The number of carbonyl (C=O) groups excluding carboxylic acids is 2. The molecule has 0 radical (unpaired) electrons. The Morgan fingerprint density at radius 1 is 0.840 bits per heavy atom. The fraction of sp³-hybridized carbons (Fsp3) is 0.238. The van der Waals surface area contributed by atoms with Gasteiger partial charge in [-0.15, -0.1) is 0 Å². The lowest BCUT2D eigenvalue weighted by Gasteiger charge is -2.32. The molecule has 0 heterocycles. The van der Waals surface area contributed by atoms with E-state index in [2.05, 4.69) is 12.2 Å². The molecule has 4 heteroatoms. The van der Waals surface area contributed by atoms with Crippen molar-refractivity contribution in [1.29, 1.82) is 0 Å². The van der Waals surface area contributed by atoms with Crippen LogP contribution in [-0.4, -0.2) is 11.6 Å². The highest BCUT2D eigenvalue weighted by Gasteiger charge is 2.55. The molecule has 0 N–H and O–H groups in total. The van der Waals surface area contributed by atoms with Gasteiger partial charge < -0.3 is 4.74 Å². The van der Waals surface area contributed by atoms with Crippen molar-refractivity contribution < 1.29 is 14.3 Å². The second kappa shape index (κ2) is 5.30. The minimum absolute atomic E-state index is 0.0269. The van der Waals surface area contributed by atoms with E-state index in [0.29, 0.717) is 27.6 Å². The molecule has 124 valence electrons.